The summed E-state index contributed by atoms with van der Waals surface area (Å²) in [6.07, 6.45) is 14.2. The van der Waals surface area contributed by atoms with Crippen molar-refractivity contribution >= 4 is 11.6 Å². The van der Waals surface area contributed by atoms with Crippen LogP contribution in [0.15, 0.2) is 18.5 Å². The predicted molar refractivity (Wildman–Crippen MR) is 86.2 cm³/mol. The number of rotatable bonds is 8. The van der Waals surface area contributed by atoms with Crippen molar-refractivity contribution in [3.63, 3.8) is 0 Å². The van der Waals surface area contributed by atoms with Crippen LogP contribution in [0.2, 0.25) is 5.02 Å². The van der Waals surface area contributed by atoms with Crippen molar-refractivity contribution in [3.8, 4) is 0 Å². The van der Waals surface area contributed by atoms with E-state index in [2.05, 4.69) is 23.3 Å². The van der Waals surface area contributed by atoms with Gasteiger partial charge < -0.3 is 5.32 Å². The van der Waals surface area contributed by atoms with Crippen LogP contribution in [0.3, 0.4) is 0 Å². The number of nitrogens with one attached hydrogen (secondary N) is 1. The Kier molecular flexibility index (Phi) is 6.81. The molecule has 3 heteroatoms. The van der Waals surface area contributed by atoms with Crippen LogP contribution in [0.4, 0.5) is 0 Å². The topological polar surface area (TPSA) is 24.9 Å². The maximum Gasteiger partial charge on any atom is 0.0621 e. The van der Waals surface area contributed by atoms with Gasteiger partial charge >= 0.3 is 0 Å². The first-order chi connectivity index (χ1) is 9.79. The minimum Gasteiger partial charge on any atom is -0.314 e. The summed E-state index contributed by atoms with van der Waals surface area (Å²) in [5.41, 5.74) is 1.22. The lowest BCUT2D eigenvalue weighted by Crippen LogP contribution is -2.32. The molecule has 0 spiro atoms. The highest BCUT2D eigenvalue weighted by Crippen LogP contribution is 2.29. The maximum atomic E-state index is 6.24. The van der Waals surface area contributed by atoms with Gasteiger partial charge in [0.25, 0.3) is 0 Å². The van der Waals surface area contributed by atoms with Crippen LogP contribution in [0, 0.1) is 5.92 Å². The molecule has 0 aromatic carbocycles. The van der Waals surface area contributed by atoms with Crippen LogP contribution in [-0.2, 0) is 6.42 Å². The Bertz CT molecular complexity index is 388. The van der Waals surface area contributed by atoms with Gasteiger partial charge in [0.2, 0.25) is 0 Å². The first-order valence-corrected chi connectivity index (χ1v) is 8.49. The fourth-order valence-electron chi connectivity index (χ4n) is 3.20. The monoisotopic (exact) mass is 294 g/mol. The summed E-state index contributed by atoms with van der Waals surface area (Å²) < 4.78 is 0. The molecule has 1 unspecified atom stereocenters. The Morgan fingerprint density at radius 3 is 2.90 bits per heavy atom. The Balaban J connectivity index is 1.87. The van der Waals surface area contributed by atoms with Crippen LogP contribution < -0.4 is 5.32 Å². The van der Waals surface area contributed by atoms with Gasteiger partial charge in [0.05, 0.1) is 5.02 Å². The lowest BCUT2D eigenvalue weighted by molar-refractivity contribution is 0.402. The third kappa shape index (κ3) is 5.06. The lowest BCUT2D eigenvalue weighted by Gasteiger charge is -2.21. The molecule has 1 atom stereocenters. The van der Waals surface area contributed by atoms with Crippen LogP contribution >= 0.6 is 11.6 Å². The summed E-state index contributed by atoms with van der Waals surface area (Å²) in [5.74, 6) is 0.967. The smallest absolute Gasteiger partial charge is 0.0621 e. The van der Waals surface area contributed by atoms with Crippen molar-refractivity contribution in [3.05, 3.63) is 29.0 Å². The van der Waals surface area contributed by atoms with E-state index >= 15 is 0 Å². The summed E-state index contributed by atoms with van der Waals surface area (Å²) >= 11 is 6.24. The van der Waals surface area contributed by atoms with Gasteiger partial charge in [-0.2, -0.15) is 0 Å². The first-order valence-electron chi connectivity index (χ1n) is 8.11. The Morgan fingerprint density at radius 2 is 2.20 bits per heavy atom. The Hall–Kier alpha value is -0.600. The van der Waals surface area contributed by atoms with E-state index in [4.69, 9.17) is 11.6 Å². The van der Waals surface area contributed by atoms with Gasteiger partial charge in [-0.15, -0.1) is 0 Å². The average molecular weight is 295 g/mol. The van der Waals surface area contributed by atoms with Gasteiger partial charge in [0.1, 0.15) is 0 Å². The molecule has 0 saturated heterocycles. The van der Waals surface area contributed by atoms with Gasteiger partial charge in [-0.05, 0) is 49.8 Å². The minimum absolute atomic E-state index is 0.551. The molecular weight excluding hydrogens is 268 g/mol. The zero-order chi connectivity index (χ0) is 14.2. The Morgan fingerprint density at radius 1 is 1.40 bits per heavy atom. The highest BCUT2D eigenvalue weighted by molar-refractivity contribution is 6.31. The number of aromatic nitrogens is 1. The second-order valence-electron chi connectivity index (χ2n) is 6.05. The quantitative estimate of drug-likeness (QED) is 0.757. The van der Waals surface area contributed by atoms with Crippen LogP contribution in [0.1, 0.15) is 57.4 Å². The van der Waals surface area contributed by atoms with Gasteiger partial charge in [0.15, 0.2) is 0 Å². The van der Waals surface area contributed by atoms with Gasteiger partial charge in [-0.25, -0.2) is 0 Å². The zero-order valence-electron chi connectivity index (χ0n) is 12.6. The molecule has 0 aliphatic heterocycles. The molecule has 1 fully saturated rings. The largest absolute Gasteiger partial charge is 0.314 e. The fourth-order valence-corrected chi connectivity index (χ4v) is 3.39. The SMILES string of the molecule is CCCNC(CCC1CCCC1)Cc1ccncc1Cl. The molecule has 1 aliphatic rings. The molecule has 2 rings (SSSR count). The van der Waals surface area contributed by atoms with Crippen LogP contribution in [0.25, 0.3) is 0 Å². The second kappa shape index (κ2) is 8.63. The Labute approximate surface area is 128 Å². The molecule has 1 saturated carbocycles. The van der Waals surface area contributed by atoms with E-state index in [1.807, 2.05) is 6.20 Å². The van der Waals surface area contributed by atoms with Crippen molar-refractivity contribution in [2.45, 2.75) is 64.3 Å². The first kappa shape index (κ1) is 15.8. The molecule has 0 radical (unpaired) electrons. The van der Waals surface area contributed by atoms with Gasteiger partial charge in [0, 0.05) is 18.4 Å². The minimum atomic E-state index is 0.551. The molecule has 112 valence electrons. The van der Waals surface area contributed by atoms with Crippen molar-refractivity contribution in [1.82, 2.24) is 10.3 Å². The number of pyridine rings is 1. The van der Waals surface area contributed by atoms with Crippen LogP contribution in [-0.4, -0.2) is 17.6 Å². The molecule has 1 aromatic heterocycles. The zero-order valence-corrected chi connectivity index (χ0v) is 13.3. The number of halogens is 1. The summed E-state index contributed by atoms with van der Waals surface area (Å²) in [4.78, 5) is 4.07. The summed E-state index contributed by atoms with van der Waals surface area (Å²) in [6.45, 7) is 3.32. The summed E-state index contributed by atoms with van der Waals surface area (Å²) in [7, 11) is 0. The van der Waals surface area contributed by atoms with E-state index < -0.39 is 0 Å². The molecule has 1 N–H and O–H groups in total. The average Bonchev–Trinajstić information content (AvgIpc) is 2.97. The summed E-state index contributed by atoms with van der Waals surface area (Å²) in [6, 6.07) is 2.61. The standard InChI is InChI=1S/C17H27ClN2/c1-2-10-20-16(8-7-14-5-3-4-6-14)12-15-9-11-19-13-17(15)18/h9,11,13-14,16,20H,2-8,10,12H2,1H3. The molecule has 1 aromatic rings. The third-order valence-electron chi connectivity index (χ3n) is 4.40. The van der Waals surface area contributed by atoms with E-state index in [9.17, 15) is 0 Å². The molecule has 0 amide bonds. The van der Waals surface area contributed by atoms with E-state index in [1.165, 1.54) is 50.5 Å². The number of hydrogen-bond donors (Lipinski definition) is 1. The normalized spacial score (nSPS) is 17.5. The van der Waals surface area contributed by atoms with Crippen molar-refractivity contribution in [2.75, 3.05) is 6.54 Å². The van der Waals surface area contributed by atoms with Crippen molar-refractivity contribution in [2.24, 2.45) is 5.92 Å². The molecule has 1 heterocycles. The molecule has 0 bridgehead atoms. The lowest BCUT2D eigenvalue weighted by atomic mass is 9.95. The highest BCUT2D eigenvalue weighted by atomic mass is 35.5. The third-order valence-corrected chi connectivity index (χ3v) is 4.74. The fraction of sp³-hybridized carbons (Fsp3) is 0.706. The van der Waals surface area contributed by atoms with Crippen LogP contribution in [0.5, 0.6) is 0 Å². The molecule has 2 nitrogen and oxygen atoms in total. The number of nitrogens with zero attached hydrogens (tertiary/aromatic N) is 1. The molecular formula is C17H27ClN2. The van der Waals surface area contributed by atoms with Gasteiger partial charge in [-0.3, -0.25) is 4.98 Å². The maximum absolute atomic E-state index is 6.24. The number of hydrogen-bond acceptors (Lipinski definition) is 2. The van der Waals surface area contributed by atoms with E-state index in [0.717, 1.165) is 23.9 Å². The van der Waals surface area contributed by atoms with E-state index in [0.29, 0.717) is 6.04 Å². The predicted octanol–water partition coefficient (Wildman–Crippen LogP) is 4.62. The molecule has 20 heavy (non-hydrogen) atoms. The highest BCUT2D eigenvalue weighted by Gasteiger charge is 2.18. The molecule has 1 aliphatic carbocycles. The van der Waals surface area contributed by atoms with E-state index in [1.54, 1.807) is 6.20 Å². The second-order valence-corrected chi connectivity index (χ2v) is 6.46. The van der Waals surface area contributed by atoms with E-state index in [-0.39, 0.29) is 0 Å². The summed E-state index contributed by atoms with van der Waals surface area (Å²) in [5, 5.41) is 4.49. The van der Waals surface area contributed by atoms with Crippen molar-refractivity contribution in [1.29, 1.82) is 0 Å². The van der Waals surface area contributed by atoms with Crippen molar-refractivity contribution < 1.29 is 0 Å². The van der Waals surface area contributed by atoms with Gasteiger partial charge in [-0.1, -0.05) is 44.2 Å².